The van der Waals surface area contributed by atoms with E-state index in [0.29, 0.717) is 17.6 Å². The van der Waals surface area contributed by atoms with Crippen LogP contribution in [0.2, 0.25) is 0 Å². The Bertz CT molecular complexity index is 239. The van der Waals surface area contributed by atoms with Gasteiger partial charge < -0.3 is 10.1 Å². The van der Waals surface area contributed by atoms with Crippen LogP contribution in [-0.4, -0.2) is 25.3 Å². The van der Waals surface area contributed by atoms with Crippen LogP contribution < -0.4 is 5.32 Å². The van der Waals surface area contributed by atoms with Crippen LogP contribution in [0.5, 0.6) is 0 Å². The highest BCUT2D eigenvalue weighted by atomic mass is 16.5. The zero-order chi connectivity index (χ0) is 11.8. The molecule has 94 valence electrons. The maximum absolute atomic E-state index is 5.50. The zero-order valence-electron chi connectivity index (χ0n) is 11.3. The van der Waals surface area contributed by atoms with Crippen molar-refractivity contribution in [3.05, 3.63) is 0 Å². The monoisotopic (exact) mass is 225 g/mol. The van der Waals surface area contributed by atoms with Gasteiger partial charge in [-0.2, -0.15) is 0 Å². The number of ether oxygens (including phenoxy) is 1. The van der Waals surface area contributed by atoms with E-state index in [-0.39, 0.29) is 0 Å². The molecule has 0 spiro atoms. The molecule has 0 bridgehead atoms. The van der Waals surface area contributed by atoms with Gasteiger partial charge in [0.15, 0.2) is 0 Å². The first kappa shape index (κ1) is 12.4. The predicted molar refractivity (Wildman–Crippen MR) is 67.5 cm³/mol. The van der Waals surface area contributed by atoms with E-state index in [1.807, 2.05) is 7.11 Å². The maximum Gasteiger partial charge on any atom is 0.0652 e. The molecule has 0 aromatic heterocycles. The third-order valence-corrected chi connectivity index (χ3v) is 5.02. The maximum atomic E-state index is 5.50. The molecule has 2 fully saturated rings. The van der Waals surface area contributed by atoms with Crippen LogP contribution in [0, 0.1) is 11.3 Å². The lowest BCUT2D eigenvalue weighted by molar-refractivity contribution is -0.100. The second-order valence-corrected chi connectivity index (χ2v) is 6.28. The SMILES string of the molecule is CCC1CCC(NC2CC(OC)C2(C)C)C1. The third kappa shape index (κ3) is 2.14. The Morgan fingerprint density at radius 2 is 2.00 bits per heavy atom. The molecule has 4 atom stereocenters. The Hall–Kier alpha value is -0.0800. The van der Waals surface area contributed by atoms with Gasteiger partial charge in [0.1, 0.15) is 0 Å². The molecule has 0 aliphatic heterocycles. The summed E-state index contributed by atoms with van der Waals surface area (Å²) in [6, 6.07) is 1.44. The lowest BCUT2D eigenvalue weighted by atomic mass is 9.64. The molecule has 2 nitrogen and oxygen atoms in total. The summed E-state index contributed by atoms with van der Waals surface area (Å²) < 4.78 is 5.50. The summed E-state index contributed by atoms with van der Waals surface area (Å²) in [6.07, 6.45) is 7.19. The molecule has 2 aliphatic carbocycles. The van der Waals surface area contributed by atoms with Crippen molar-refractivity contribution in [3.8, 4) is 0 Å². The lowest BCUT2D eigenvalue weighted by Crippen LogP contribution is -2.62. The first-order chi connectivity index (χ1) is 7.57. The van der Waals surface area contributed by atoms with Gasteiger partial charge in [0.2, 0.25) is 0 Å². The van der Waals surface area contributed by atoms with Crippen LogP contribution in [0.1, 0.15) is 52.9 Å². The van der Waals surface area contributed by atoms with Gasteiger partial charge in [0.05, 0.1) is 6.10 Å². The van der Waals surface area contributed by atoms with E-state index >= 15 is 0 Å². The highest BCUT2D eigenvalue weighted by Gasteiger charge is 2.49. The Morgan fingerprint density at radius 1 is 1.25 bits per heavy atom. The number of nitrogens with one attached hydrogen (secondary N) is 1. The highest BCUT2D eigenvalue weighted by molar-refractivity contribution is 5.04. The second-order valence-electron chi connectivity index (χ2n) is 6.28. The van der Waals surface area contributed by atoms with Gasteiger partial charge in [-0.25, -0.2) is 0 Å². The van der Waals surface area contributed by atoms with Crippen molar-refractivity contribution in [1.29, 1.82) is 0 Å². The first-order valence-electron chi connectivity index (χ1n) is 6.86. The zero-order valence-corrected chi connectivity index (χ0v) is 11.3. The predicted octanol–water partition coefficient (Wildman–Crippen LogP) is 2.97. The quantitative estimate of drug-likeness (QED) is 0.794. The van der Waals surface area contributed by atoms with E-state index < -0.39 is 0 Å². The normalized spacial score (nSPS) is 42.0. The van der Waals surface area contributed by atoms with Crippen LogP contribution in [-0.2, 0) is 4.74 Å². The topological polar surface area (TPSA) is 21.3 Å². The minimum Gasteiger partial charge on any atom is -0.381 e. The number of hydrogen-bond donors (Lipinski definition) is 1. The van der Waals surface area contributed by atoms with Crippen molar-refractivity contribution in [1.82, 2.24) is 5.32 Å². The molecule has 2 rings (SSSR count). The molecule has 1 N–H and O–H groups in total. The Labute approximate surface area is 100 Å². The van der Waals surface area contributed by atoms with Gasteiger partial charge in [-0.1, -0.05) is 27.2 Å². The van der Waals surface area contributed by atoms with Gasteiger partial charge >= 0.3 is 0 Å². The summed E-state index contributed by atoms with van der Waals surface area (Å²) in [5.41, 5.74) is 0.319. The van der Waals surface area contributed by atoms with Crippen molar-refractivity contribution in [2.24, 2.45) is 11.3 Å². The van der Waals surface area contributed by atoms with E-state index in [1.54, 1.807) is 0 Å². The first-order valence-corrected chi connectivity index (χ1v) is 6.86. The van der Waals surface area contributed by atoms with Gasteiger partial charge in [-0.15, -0.1) is 0 Å². The smallest absolute Gasteiger partial charge is 0.0652 e. The molecule has 2 saturated carbocycles. The van der Waals surface area contributed by atoms with Crippen LogP contribution >= 0.6 is 0 Å². The number of rotatable bonds is 4. The molecular weight excluding hydrogens is 198 g/mol. The average Bonchev–Trinajstić information content (AvgIpc) is 2.71. The van der Waals surface area contributed by atoms with Crippen molar-refractivity contribution in [3.63, 3.8) is 0 Å². The fourth-order valence-corrected chi connectivity index (χ4v) is 3.45. The van der Waals surface area contributed by atoms with Crippen LogP contribution in [0.3, 0.4) is 0 Å². The van der Waals surface area contributed by atoms with E-state index in [0.717, 1.165) is 12.0 Å². The largest absolute Gasteiger partial charge is 0.381 e. The second kappa shape index (κ2) is 4.66. The fraction of sp³-hybridized carbons (Fsp3) is 1.00. The van der Waals surface area contributed by atoms with Crippen LogP contribution in [0.15, 0.2) is 0 Å². The number of methoxy groups -OCH3 is 1. The molecule has 0 radical (unpaired) electrons. The molecule has 2 heteroatoms. The molecule has 2 aliphatic rings. The molecule has 4 unspecified atom stereocenters. The molecule has 0 heterocycles. The van der Waals surface area contributed by atoms with Crippen LogP contribution in [0.25, 0.3) is 0 Å². The van der Waals surface area contributed by atoms with Crippen molar-refractivity contribution >= 4 is 0 Å². The Morgan fingerprint density at radius 3 is 2.50 bits per heavy atom. The summed E-state index contributed by atoms with van der Waals surface area (Å²) in [7, 11) is 1.84. The molecular formula is C14H27NO. The molecule has 0 amide bonds. The van der Waals surface area contributed by atoms with E-state index in [4.69, 9.17) is 4.74 Å². The average molecular weight is 225 g/mol. The standard InChI is InChI=1S/C14H27NO/c1-5-10-6-7-11(8-10)15-12-9-13(16-4)14(12,2)3/h10-13,15H,5-9H2,1-4H3. The molecule has 16 heavy (non-hydrogen) atoms. The number of hydrogen-bond acceptors (Lipinski definition) is 2. The van der Waals surface area contributed by atoms with E-state index in [9.17, 15) is 0 Å². The van der Waals surface area contributed by atoms with Gasteiger partial charge in [-0.05, 0) is 31.6 Å². The van der Waals surface area contributed by atoms with Crippen LogP contribution in [0.4, 0.5) is 0 Å². The Balaban J connectivity index is 1.80. The lowest BCUT2D eigenvalue weighted by Gasteiger charge is -2.52. The van der Waals surface area contributed by atoms with Crippen molar-refractivity contribution in [2.75, 3.05) is 7.11 Å². The van der Waals surface area contributed by atoms with Gasteiger partial charge in [-0.3, -0.25) is 0 Å². The third-order valence-electron chi connectivity index (χ3n) is 5.02. The highest BCUT2D eigenvalue weighted by Crippen LogP contribution is 2.43. The minimum atomic E-state index is 0.319. The summed E-state index contributed by atoms with van der Waals surface area (Å²) in [4.78, 5) is 0. The minimum absolute atomic E-state index is 0.319. The molecule has 0 aromatic carbocycles. The van der Waals surface area contributed by atoms with E-state index in [2.05, 4.69) is 26.1 Å². The summed E-state index contributed by atoms with van der Waals surface area (Å²) >= 11 is 0. The van der Waals surface area contributed by atoms with Gasteiger partial charge in [0.25, 0.3) is 0 Å². The summed E-state index contributed by atoms with van der Waals surface area (Å²) in [5, 5.41) is 3.85. The van der Waals surface area contributed by atoms with Crippen molar-refractivity contribution in [2.45, 2.75) is 71.1 Å². The summed E-state index contributed by atoms with van der Waals surface area (Å²) in [5.74, 6) is 0.971. The summed E-state index contributed by atoms with van der Waals surface area (Å²) in [6.45, 7) is 6.98. The fourth-order valence-electron chi connectivity index (χ4n) is 3.45. The van der Waals surface area contributed by atoms with Gasteiger partial charge in [0, 0.05) is 24.6 Å². The Kier molecular flexibility index (Phi) is 3.60. The van der Waals surface area contributed by atoms with E-state index in [1.165, 1.54) is 32.1 Å². The van der Waals surface area contributed by atoms with Crippen molar-refractivity contribution < 1.29 is 4.74 Å². The molecule has 0 aromatic rings. The molecule has 0 saturated heterocycles.